The molecule has 2 atom stereocenters. The van der Waals surface area contributed by atoms with E-state index in [0.717, 1.165) is 0 Å². The van der Waals surface area contributed by atoms with Gasteiger partial charge >= 0.3 is 0 Å². The van der Waals surface area contributed by atoms with E-state index in [1.54, 1.807) is 0 Å². The maximum Gasteiger partial charge on any atom is 0.164 e. The molecule has 3 heteroatoms. The minimum atomic E-state index is -0.337. The molecule has 1 saturated heterocycles. The van der Waals surface area contributed by atoms with Crippen LogP contribution in [-0.4, -0.2) is 25.2 Å². The van der Waals surface area contributed by atoms with Crippen molar-refractivity contribution in [3.63, 3.8) is 0 Å². The maximum atomic E-state index is 11.7. The Morgan fingerprint density at radius 2 is 2.45 bits per heavy atom. The molecule has 0 radical (unpaired) electrons. The minimum absolute atomic E-state index is 0.00551. The van der Waals surface area contributed by atoms with Crippen LogP contribution in [0.15, 0.2) is 0 Å². The number of alkyl halides is 1. The normalized spacial score (nSPS) is 31.3. The minimum Gasteiger partial charge on any atom is -0.370 e. The zero-order valence-electron chi connectivity index (χ0n) is 6.68. The molecule has 0 aromatic heterocycles. The molecule has 1 aliphatic rings. The predicted octanol–water partition coefficient (Wildman–Crippen LogP) is 1.34. The molecule has 11 heavy (non-hydrogen) atoms. The second kappa shape index (κ2) is 3.81. The second-order valence-electron chi connectivity index (χ2n) is 2.92. The number of hydrogen-bond acceptors (Lipinski definition) is 2. The molecular formula is C8H13FO2. The van der Waals surface area contributed by atoms with Crippen molar-refractivity contribution in [3.05, 3.63) is 0 Å². The van der Waals surface area contributed by atoms with Gasteiger partial charge in [-0.05, 0) is 19.8 Å². The van der Waals surface area contributed by atoms with Gasteiger partial charge in [-0.2, -0.15) is 0 Å². The monoisotopic (exact) mass is 160 g/mol. The van der Waals surface area contributed by atoms with Crippen LogP contribution in [-0.2, 0) is 9.53 Å². The van der Waals surface area contributed by atoms with Gasteiger partial charge in [-0.3, -0.25) is 9.18 Å². The Morgan fingerprint density at radius 1 is 1.73 bits per heavy atom. The molecule has 0 bridgehead atoms. The van der Waals surface area contributed by atoms with Gasteiger partial charge in [-0.15, -0.1) is 0 Å². The third kappa shape index (κ3) is 1.99. The highest BCUT2D eigenvalue weighted by Crippen LogP contribution is 2.21. The average molecular weight is 160 g/mol. The van der Waals surface area contributed by atoms with Crippen LogP contribution in [0.4, 0.5) is 4.39 Å². The number of halogens is 1. The quantitative estimate of drug-likeness (QED) is 0.622. The first-order valence-corrected chi connectivity index (χ1v) is 3.96. The summed E-state index contributed by atoms with van der Waals surface area (Å²) in [6.07, 6.45) is 1.11. The smallest absolute Gasteiger partial charge is 0.164 e. The lowest BCUT2D eigenvalue weighted by atomic mass is 9.96. The number of rotatable bonds is 3. The Hall–Kier alpha value is -0.440. The van der Waals surface area contributed by atoms with Crippen LogP contribution in [0, 0.1) is 5.92 Å². The van der Waals surface area contributed by atoms with E-state index in [-0.39, 0.29) is 31.1 Å². The van der Waals surface area contributed by atoms with Crippen molar-refractivity contribution in [1.82, 2.24) is 0 Å². The van der Waals surface area contributed by atoms with Crippen molar-refractivity contribution in [3.8, 4) is 0 Å². The first kappa shape index (κ1) is 8.65. The fraction of sp³-hybridized carbons (Fsp3) is 0.875. The predicted molar refractivity (Wildman–Crippen MR) is 39.1 cm³/mol. The fourth-order valence-electron chi connectivity index (χ4n) is 1.39. The van der Waals surface area contributed by atoms with E-state index in [1.165, 1.54) is 0 Å². The largest absolute Gasteiger partial charge is 0.370 e. The molecule has 1 heterocycles. The van der Waals surface area contributed by atoms with E-state index >= 15 is 0 Å². The summed E-state index contributed by atoms with van der Waals surface area (Å²) in [5, 5.41) is 0. The van der Waals surface area contributed by atoms with Gasteiger partial charge in [0.2, 0.25) is 0 Å². The lowest BCUT2D eigenvalue weighted by Gasteiger charge is -2.10. The number of ether oxygens (including phenoxy) is 1. The third-order valence-electron chi connectivity index (χ3n) is 2.12. The third-order valence-corrected chi connectivity index (χ3v) is 2.12. The van der Waals surface area contributed by atoms with Crippen molar-refractivity contribution in [2.45, 2.75) is 25.9 Å². The van der Waals surface area contributed by atoms with Gasteiger partial charge in [0.25, 0.3) is 0 Å². The highest BCUT2D eigenvalue weighted by Gasteiger charge is 2.31. The van der Waals surface area contributed by atoms with Gasteiger partial charge in [0, 0.05) is 5.92 Å². The first-order valence-electron chi connectivity index (χ1n) is 3.96. The number of carbonyl (C=O) groups excluding carboxylic acids is 1. The molecule has 0 amide bonds. The van der Waals surface area contributed by atoms with Crippen LogP contribution >= 0.6 is 0 Å². The Labute approximate surface area is 65.7 Å². The molecule has 0 N–H and O–H groups in total. The van der Waals surface area contributed by atoms with Crippen molar-refractivity contribution >= 4 is 5.78 Å². The molecule has 0 saturated carbocycles. The topological polar surface area (TPSA) is 26.3 Å². The molecule has 0 spiro atoms. The summed E-state index contributed by atoms with van der Waals surface area (Å²) in [5.74, 6) is 0.0803. The maximum absolute atomic E-state index is 11.7. The van der Waals surface area contributed by atoms with E-state index in [9.17, 15) is 9.18 Å². The SMILES string of the molecule is CC1OCC(=O)C1CCCF. The molecule has 0 aromatic rings. The van der Waals surface area contributed by atoms with Crippen LogP contribution in [0.1, 0.15) is 19.8 Å². The van der Waals surface area contributed by atoms with Crippen LogP contribution in [0.3, 0.4) is 0 Å². The second-order valence-corrected chi connectivity index (χ2v) is 2.92. The first-order chi connectivity index (χ1) is 5.25. The Morgan fingerprint density at radius 3 is 2.91 bits per heavy atom. The van der Waals surface area contributed by atoms with Crippen LogP contribution in [0.25, 0.3) is 0 Å². The zero-order valence-corrected chi connectivity index (χ0v) is 6.68. The molecule has 2 unspecified atom stereocenters. The Kier molecular flexibility index (Phi) is 3.00. The summed E-state index contributed by atoms with van der Waals surface area (Å²) in [5.41, 5.74) is 0. The van der Waals surface area contributed by atoms with Gasteiger partial charge in [0.1, 0.15) is 6.61 Å². The molecule has 2 nitrogen and oxygen atoms in total. The van der Waals surface area contributed by atoms with Crippen LogP contribution in [0.2, 0.25) is 0 Å². The number of hydrogen-bond donors (Lipinski definition) is 0. The van der Waals surface area contributed by atoms with Gasteiger partial charge in [-0.1, -0.05) is 0 Å². The van der Waals surface area contributed by atoms with Crippen molar-refractivity contribution in [1.29, 1.82) is 0 Å². The number of Topliss-reactive ketones (excluding diaryl/α,β-unsaturated/α-hetero) is 1. The molecule has 1 rings (SSSR count). The van der Waals surface area contributed by atoms with Crippen molar-refractivity contribution in [2.75, 3.05) is 13.3 Å². The summed E-state index contributed by atoms with van der Waals surface area (Å²) in [4.78, 5) is 11.0. The molecular weight excluding hydrogens is 147 g/mol. The van der Waals surface area contributed by atoms with E-state index in [2.05, 4.69) is 0 Å². The van der Waals surface area contributed by atoms with Crippen molar-refractivity contribution in [2.24, 2.45) is 5.92 Å². The molecule has 1 aliphatic heterocycles. The average Bonchev–Trinajstić information content (AvgIpc) is 2.29. The molecule has 64 valence electrons. The van der Waals surface area contributed by atoms with Crippen LogP contribution < -0.4 is 0 Å². The fourth-order valence-corrected chi connectivity index (χ4v) is 1.39. The highest BCUT2D eigenvalue weighted by molar-refractivity contribution is 5.84. The van der Waals surface area contributed by atoms with E-state index in [1.807, 2.05) is 6.92 Å². The molecule has 0 aliphatic carbocycles. The van der Waals surface area contributed by atoms with E-state index < -0.39 is 0 Å². The Bertz CT molecular complexity index is 147. The molecule has 0 aromatic carbocycles. The lowest BCUT2D eigenvalue weighted by molar-refractivity contribution is -0.120. The summed E-state index contributed by atoms with van der Waals surface area (Å²) < 4.78 is 16.9. The lowest BCUT2D eigenvalue weighted by Crippen LogP contribution is -2.17. The molecule has 1 fully saturated rings. The van der Waals surface area contributed by atoms with Gasteiger partial charge < -0.3 is 4.74 Å². The zero-order chi connectivity index (χ0) is 8.27. The summed E-state index contributed by atoms with van der Waals surface area (Å²) >= 11 is 0. The van der Waals surface area contributed by atoms with Crippen LogP contribution in [0.5, 0.6) is 0 Å². The highest BCUT2D eigenvalue weighted by atomic mass is 19.1. The van der Waals surface area contributed by atoms with Crippen molar-refractivity contribution < 1.29 is 13.9 Å². The van der Waals surface area contributed by atoms with E-state index in [4.69, 9.17) is 4.74 Å². The number of ketones is 1. The summed E-state index contributed by atoms with van der Waals surface area (Å²) in [7, 11) is 0. The summed E-state index contributed by atoms with van der Waals surface area (Å²) in [6.45, 7) is 1.75. The van der Waals surface area contributed by atoms with Gasteiger partial charge in [0.15, 0.2) is 5.78 Å². The Balaban J connectivity index is 2.35. The van der Waals surface area contributed by atoms with Gasteiger partial charge in [0.05, 0.1) is 12.8 Å². The number of carbonyl (C=O) groups is 1. The standard InChI is InChI=1S/C8H13FO2/c1-6-7(3-2-4-9)8(10)5-11-6/h6-7H,2-5H2,1H3. The van der Waals surface area contributed by atoms with E-state index in [0.29, 0.717) is 12.8 Å². The summed E-state index contributed by atoms with van der Waals surface area (Å²) in [6, 6.07) is 0. The van der Waals surface area contributed by atoms with Gasteiger partial charge in [-0.25, -0.2) is 0 Å².